The first-order valence-corrected chi connectivity index (χ1v) is 9.37. The minimum atomic E-state index is -3.23. The fraction of sp³-hybridized carbons (Fsp3) is 0.571. The van der Waals surface area contributed by atoms with Crippen molar-refractivity contribution >= 4 is 26.0 Å². The molecular formula is C14H21BrN2O2S. The van der Waals surface area contributed by atoms with Gasteiger partial charge in [0.25, 0.3) is 0 Å². The van der Waals surface area contributed by atoms with Crippen LogP contribution in [-0.2, 0) is 10.0 Å². The van der Waals surface area contributed by atoms with Crippen LogP contribution in [0.3, 0.4) is 0 Å². The predicted octanol–water partition coefficient (Wildman–Crippen LogP) is 2.43. The van der Waals surface area contributed by atoms with Gasteiger partial charge in [0.1, 0.15) is 0 Å². The third-order valence-electron chi connectivity index (χ3n) is 3.64. The van der Waals surface area contributed by atoms with Crippen molar-refractivity contribution in [1.29, 1.82) is 0 Å². The Morgan fingerprint density at radius 1 is 1.30 bits per heavy atom. The SMILES string of the molecule is CC(NS(=O)(=O)CC1CCNCC1)c1ccc(Br)cc1. The van der Waals surface area contributed by atoms with Gasteiger partial charge in [-0.3, -0.25) is 0 Å². The first kappa shape index (κ1) is 15.9. The minimum absolute atomic E-state index is 0.199. The fourth-order valence-corrected chi connectivity index (χ4v) is 4.48. The smallest absolute Gasteiger partial charge is 0.212 e. The molecule has 0 amide bonds. The number of nitrogens with one attached hydrogen (secondary N) is 2. The molecule has 112 valence electrons. The Bertz CT molecular complexity index is 525. The first-order valence-electron chi connectivity index (χ1n) is 6.92. The fourth-order valence-electron chi connectivity index (χ4n) is 2.50. The largest absolute Gasteiger partial charge is 0.317 e. The van der Waals surface area contributed by atoms with Crippen LogP contribution < -0.4 is 10.0 Å². The van der Waals surface area contributed by atoms with Gasteiger partial charge in [0, 0.05) is 10.5 Å². The second kappa shape index (κ2) is 7.02. The van der Waals surface area contributed by atoms with Crippen LogP contribution in [0.2, 0.25) is 0 Å². The lowest BCUT2D eigenvalue weighted by molar-refractivity contribution is 0.399. The number of hydrogen-bond acceptors (Lipinski definition) is 3. The number of sulfonamides is 1. The molecule has 0 radical (unpaired) electrons. The summed E-state index contributed by atoms with van der Waals surface area (Å²) in [5.74, 6) is 0.501. The van der Waals surface area contributed by atoms with Crippen molar-refractivity contribution in [2.24, 2.45) is 5.92 Å². The van der Waals surface area contributed by atoms with Crippen LogP contribution in [-0.4, -0.2) is 27.3 Å². The summed E-state index contributed by atoms with van der Waals surface area (Å²) < 4.78 is 28.2. The summed E-state index contributed by atoms with van der Waals surface area (Å²) in [7, 11) is -3.23. The van der Waals surface area contributed by atoms with Crippen LogP contribution in [0.5, 0.6) is 0 Å². The van der Waals surface area contributed by atoms with Crippen LogP contribution >= 0.6 is 15.9 Å². The monoisotopic (exact) mass is 360 g/mol. The van der Waals surface area contributed by atoms with E-state index in [9.17, 15) is 8.42 Å². The van der Waals surface area contributed by atoms with Gasteiger partial charge < -0.3 is 5.32 Å². The van der Waals surface area contributed by atoms with Crippen molar-refractivity contribution in [3.05, 3.63) is 34.3 Å². The van der Waals surface area contributed by atoms with Gasteiger partial charge in [0.15, 0.2) is 0 Å². The van der Waals surface area contributed by atoms with Gasteiger partial charge in [0.05, 0.1) is 5.75 Å². The molecule has 0 aliphatic carbocycles. The molecule has 6 heteroatoms. The van der Waals surface area contributed by atoms with E-state index in [1.54, 1.807) is 0 Å². The van der Waals surface area contributed by atoms with Crippen LogP contribution in [0.1, 0.15) is 31.4 Å². The van der Waals surface area contributed by atoms with E-state index in [1.807, 2.05) is 31.2 Å². The normalized spacial score (nSPS) is 18.9. The number of benzene rings is 1. The Hall–Kier alpha value is -0.430. The summed E-state index contributed by atoms with van der Waals surface area (Å²) in [4.78, 5) is 0. The van der Waals surface area contributed by atoms with E-state index in [0.29, 0.717) is 0 Å². The quantitative estimate of drug-likeness (QED) is 0.847. The Labute approximate surface area is 129 Å². The topological polar surface area (TPSA) is 58.2 Å². The average Bonchev–Trinajstić information content (AvgIpc) is 2.39. The highest BCUT2D eigenvalue weighted by Crippen LogP contribution is 2.19. The maximum Gasteiger partial charge on any atom is 0.212 e. The Kier molecular flexibility index (Phi) is 5.60. The number of rotatable bonds is 5. The van der Waals surface area contributed by atoms with E-state index in [4.69, 9.17) is 0 Å². The van der Waals surface area contributed by atoms with Gasteiger partial charge in [0.2, 0.25) is 10.0 Å². The second-order valence-electron chi connectivity index (χ2n) is 5.37. The van der Waals surface area contributed by atoms with E-state index in [2.05, 4.69) is 26.0 Å². The van der Waals surface area contributed by atoms with E-state index in [-0.39, 0.29) is 17.7 Å². The summed E-state index contributed by atoms with van der Waals surface area (Å²) in [5.41, 5.74) is 0.974. The van der Waals surface area contributed by atoms with Crippen LogP contribution in [0.25, 0.3) is 0 Å². The van der Waals surface area contributed by atoms with Crippen LogP contribution in [0, 0.1) is 5.92 Å². The zero-order valence-corrected chi connectivity index (χ0v) is 14.0. The Balaban J connectivity index is 1.94. The third kappa shape index (κ3) is 4.84. The standard InChI is InChI=1S/C14H21BrN2O2S/c1-11(13-2-4-14(15)5-3-13)17-20(18,19)10-12-6-8-16-9-7-12/h2-5,11-12,16-17H,6-10H2,1H3. The molecule has 0 bridgehead atoms. The maximum absolute atomic E-state index is 12.2. The lowest BCUT2D eigenvalue weighted by atomic mass is 10.0. The molecule has 1 saturated heterocycles. The van der Waals surface area contributed by atoms with Gasteiger partial charge >= 0.3 is 0 Å². The van der Waals surface area contributed by atoms with E-state index in [0.717, 1.165) is 36.0 Å². The number of piperidine rings is 1. The van der Waals surface area contributed by atoms with Crippen molar-refractivity contribution < 1.29 is 8.42 Å². The predicted molar refractivity (Wildman–Crippen MR) is 85.1 cm³/mol. The maximum atomic E-state index is 12.2. The van der Waals surface area contributed by atoms with Crippen molar-refractivity contribution in [2.45, 2.75) is 25.8 Å². The van der Waals surface area contributed by atoms with Gasteiger partial charge in [-0.25, -0.2) is 13.1 Å². The highest BCUT2D eigenvalue weighted by Gasteiger charge is 2.22. The molecule has 4 nitrogen and oxygen atoms in total. The summed E-state index contributed by atoms with van der Waals surface area (Å²) in [5, 5.41) is 3.25. The van der Waals surface area contributed by atoms with Crippen molar-refractivity contribution in [1.82, 2.24) is 10.0 Å². The van der Waals surface area contributed by atoms with Crippen molar-refractivity contribution in [3.63, 3.8) is 0 Å². The number of halogens is 1. The van der Waals surface area contributed by atoms with Crippen LogP contribution in [0.15, 0.2) is 28.7 Å². The van der Waals surface area contributed by atoms with E-state index in [1.165, 1.54) is 0 Å². The van der Waals surface area contributed by atoms with Gasteiger partial charge in [-0.05, 0) is 56.5 Å². The number of hydrogen-bond donors (Lipinski definition) is 2. The molecule has 0 spiro atoms. The zero-order valence-electron chi connectivity index (χ0n) is 11.6. The molecule has 1 heterocycles. The Morgan fingerprint density at radius 2 is 1.90 bits per heavy atom. The highest BCUT2D eigenvalue weighted by molar-refractivity contribution is 9.10. The summed E-state index contributed by atoms with van der Waals surface area (Å²) in [6.07, 6.45) is 1.88. The molecule has 1 aromatic carbocycles. The molecule has 2 rings (SSSR count). The summed E-state index contributed by atoms with van der Waals surface area (Å²) in [6.45, 7) is 3.72. The highest BCUT2D eigenvalue weighted by atomic mass is 79.9. The summed E-state index contributed by atoms with van der Waals surface area (Å²) in [6, 6.07) is 7.51. The molecule has 1 fully saturated rings. The molecule has 2 N–H and O–H groups in total. The van der Waals surface area contributed by atoms with Crippen LogP contribution in [0.4, 0.5) is 0 Å². The van der Waals surface area contributed by atoms with Crippen molar-refractivity contribution in [3.8, 4) is 0 Å². The molecular weight excluding hydrogens is 340 g/mol. The zero-order chi connectivity index (χ0) is 14.6. The lowest BCUT2D eigenvalue weighted by Crippen LogP contribution is -2.36. The molecule has 1 aliphatic heterocycles. The second-order valence-corrected chi connectivity index (χ2v) is 8.08. The van der Waals surface area contributed by atoms with Gasteiger partial charge in [-0.15, -0.1) is 0 Å². The Morgan fingerprint density at radius 3 is 2.50 bits per heavy atom. The summed E-state index contributed by atoms with van der Waals surface area (Å²) >= 11 is 3.38. The molecule has 0 aromatic heterocycles. The molecule has 1 aliphatic rings. The molecule has 1 unspecified atom stereocenters. The minimum Gasteiger partial charge on any atom is -0.317 e. The van der Waals surface area contributed by atoms with E-state index < -0.39 is 10.0 Å². The lowest BCUT2D eigenvalue weighted by Gasteiger charge is -2.23. The van der Waals surface area contributed by atoms with Gasteiger partial charge in [-0.2, -0.15) is 0 Å². The molecule has 1 atom stereocenters. The van der Waals surface area contributed by atoms with E-state index >= 15 is 0 Å². The average molecular weight is 361 g/mol. The third-order valence-corrected chi connectivity index (χ3v) is 5.79. The van der Waals surface area contributed by atoms with Crippen molar-refractivity contribution in [2.75, 3.05) is 18.8 Å². The molecule has 1 aromatic rings. The molecule has 20 heavy (non-hydrogen) atoms. The van der Waals surface area contributed by atoms with Gasteiger partial charge in [-0.1, -0.05) is 28.1 Å². The first-order chi connectivity index (χ1) is 9.46. The molecule has 0 saturated carbocycles.